The second kappa shape index (κ2) is 8.55. The van der Waals surface area contributed by atoms with Gasteiger partial charge in [0.2, 0.25) is 0 Å². The third kappa shape index (κ3) is 5.89. The predicted molar refractivity (Wildman–Crippen MR) is 58.0 cm³/mol. The van der Waals surface area contributed by atoms with E-state index in [1.54, 1.807) is 0 Å². The van der Waals surface area contributed by atoms with Crippen molar-refractivity contribution in [2.75, 3.05) is 21.3 Å². The highest BCUT2D eigenvalue weighted by Gasteiger charge is 2.27. The van der Waals surface area contributed by atoms with Crippen LogP contribution in [0, 0.1) is 5.92 Å². The molecule has 0 aromatic heterocycles. The maximum absolute atomic E-state index is 11.3. The first-order chi connectivity index (χ1) is 8.06. The van der Waals surface area contributed by atoms with E-state index in [9.17, 15) is 14.4 Å². The number of carbonyl (C=O) groups excluding carboxylic acids is 3. The fourth-order valence-corrected chi connectivity index (χ4v) is 1.34. The van der Waals surface area contributed by atoms with Crippen molar-refractivity contribution in [3.63, 3.8) is 0 Å². The normalized spacial score (nSPS) is 9.88. The minimum absolute atomic E-state index is 0.269. The van der Waals surface area contributed by atoms with E-state index in [1.165, 1.54) is 21.3 Å². The molecule has 0 saturated heterocycles. The molecule has 17 heavy (non-hydrogen) atoms. The van der Waals surface area contributed by atoms with E-state index in [0.29, 0.717) is 19.3 Å². The summed E-state index contributed by atoms with van der Waals surface area (Å²) < 4.78 is 13.5. The van der Waals surface area contributed by atoms with Gasteiger partial charge < -0.3 is 14.2 Å². The lowest BCUT2D eigenvalue weighted by atomic mass is 10.0. The highest BCUT2D eigenvalue weighted by Crippen LogP contribution is 2.13. The van der Waals surface area contributed by atoms with Crippen molar-refractivity contribution in [2.24, 2.45) is 5.92 Å². The van der Waals surface area contributed by atoms with Crippen LogP contribution in [-0.4, -0.2) is 39.2 Å². The van der Waals surface area contributed by atoms with Gasteiger partial charge in [-0.15, -0.1) is 0 Å². The molecule has 0 saturated carbocycles. The maximum Gasteiger partial charge on any atom is 0.320 e. The molecule has 0 bridgehead atoms. The minimum Gasteiger partial charge on any atom is -0.469 e. The summed E-state index contributed by atoms with van der Waals surface area (Å²) in [4.78, 5) is 33.4. The number of methoxy groups -OCH3 is 3. The molecule has 0 aliphatic heterocycles. The van der Waals surface area contributed by atoms with Crippen molar-refractivity contribution < 1.29 is 28.6 Å². The lowest BCUT2D eigenvalue weighted by molar-refractivity contribution is -0.159. The van der Waals surface area contributed by atoms with E-state index < -0.39 is 17.9 Å². The molecule has 0 aromatic rings. The SMILES string of the molecule is COC(=O)CCCCC(C(=O)OC)C(=O)OC. The van der Waals surface area contributed by atoms with Crippen LogP contribution in [0.2, 0.25) is 0 Å². The lowest BCUT2D eigenvalue weighted by Gasteiger charge is -2.11. The molecular formula is C11H18O6. The third-order valence-corrected chi connectivity index (χ3v) is 2.32. The Morgan fingerprint density at radius 1 is 0.882 bits per heavy atom. The number of rotatable bonds is 7. The van der Waals surface area contributed by atoms with E-state index in [0.717, 1.165) is 0 Å². The van der Waals surface area contributed by atoms with E-state index in [2.05, 4.69) is 14.2 Å². The standard InChI is InChI=1S/C11H18O6/c1-15-9(12)7-5-4-6-8(10(13)16-2)11(14)17-3/h8H,4-7H2,1-3H3. The number of unbranched alkanes of at least 4 members (excludes halogenated alkanes) is 1. The van der Waals surface area contributed by atoms with Gasteiger partial charge in [-0.3, -0.25) is 14.4 Å². The largest absolute Gasteiger partial charge is 0.469 e. The number of ether oxygens (including phenoxy) is 3. The van der Waals surface area contributed by atoms with Crippen molar-refractivity contribution in [3.05, 3.63) is 0 Å². The Balaban J connectivity index is 4.05. The summed E-state index contributed by atoms with van der Waals surface area (Å²) in [5, 5.41) is 0. The molecule has 0 N–H and O–H groups in total. The molecule has 0 radical (unpaired) electrons. The lowest BCUT2D eigenvalue weighted by Crippen LogP contribution is -2.26. The van der Waals surface area contributed by atoms with Crippen LogP contribution in [0.3, 0.4) is 0 Å². The zero-order valence-electron chi connectivity index (χ0n) is 10.4. The number of esters is 3. The summed E-state index contributed by atoms with van der Waals surface area (Å²) in [6.07, 6.45) is 1.67. The van der Waals surface area contributed by atoms with Crippen molar-refractivity contribution in [1.29, 1.82) is 0 Å². The first kappa shape index (κ1) is 15.4. The quantitative estimate of drug-likeness (QED) is 0.284. The molecule has 0 rings (SSSR count). The first-order valence-electron chi connectivity index (χ1n) is 5.29. The van der Waals surface area contributed by atoms with Gasteiger partial charge in [0.25, 0.3) is 0 Å². The minimum atomic E-state index is -0.914. The van der Waals surface area contributed by atoms with Gasteiger partial charge in [-0.2, -0.15) is 0 Å². The Morgan fingerprint density at radius 3 is 1.82 bits per heavy atom. The molecule has 0 aromatic carbocycles. The predicted octanol–water partition coefficient (Wildman–Crippen LogP) is 0.682. The monoisotopic (exact) mass is 246 g/mol. The van der Waals surface area contributed by atoms with Gasteiger partial charge in [-0.1, -0.05) is 6.42 Å². The molecule has 0 heterocycles. The molecule has 6 heteroatoms. The Labute approximate surface area is 100 Å². The molecule has 0 aliphatic carbocycles. The highest BCUT2D eigenvalue weighted by molar-refractivity contribution is 5.94. The molecule has 6 nitrogen and oxygen atoms in total. The highest BCUT2D eigenvalue weighted by atomic mass is 16.5. The fourth-order valence-electron chi connectivity index (χ4n) is 1.34. The second-order valence-electron chi connectivity index (χ2n) is 3.42. The number of hydrogen-bond acceptors (Lipinski definition) is 6. The van der Waals surface area contributed by atoms with Gasteiger partial charge in [0.05, 0.1) is 21.3 Å². The van der Waals surface area contributed by atoms with Crippen LogP contribution >= 0.6 is 0 Å². The molecule has 0 fully saturated rings. The third-order valence-electron chi connectivity index (χ3n) is 2.32. The average Bonchev–Trinajstić information content (AvgIpc) is 2.36. The van der Waals surface area contributed by atoms with Crippen LogP contribution in [0.25, 0.3) is 0 Å². The molecule has 0 amide bonds. The summed E-state index contributed by atoms with van der Waals surface area (Å²) in [5.74, 6) is -2.45. The van der Waals surface area contributed by atoms with Crippen molar-refractivity contribution in [1.82, 2.24) is 0 Å². The fraction of sp³-hybridized carbons (Fsp3) is 0.727. The van der Waals surface area contributed by atoms with Crippen molar-refractivity contribution in [3.8, 4) is 0 Å². The van der Waals surface area contributed by atoms with Gasteiger partial charge in [0.15, 0.2) is 5.92 Å². The molecule has 0 unspecified atom stereocenters. The van der Waals surface area contributed by atoms with Gasteiger partial charge in [0, 0.05) is 6.42 Å². The topological polar surface area (TPSA) is 78.9 Å². The van der Waals surface area contributed by atoms with Gasteiger partial charge >= 0.3 is 17.9 Å². The van der Waals surface area contributed by atoms with E-state index in [4.69, 9.17) is 0 Å². The smallest absolute Gasteiger partial charge is 0.320 e. The zero-order valence-corrected chi connectivity index (χ0v) is 10.4. The summed E-state index contributed by atoms with van der Waals surface area (Å²) in [5.41, 5.74) is 0. The molecule has 0 spiro atoms. The first-order valence-corrected chi connectivity index (χ1v) is 5.29. The summed E-state index contributed by atoms with van der Waals surface area (Å²) in [6.45, 7) is 0. The number of carbonyl (C=O) groups is 3. The van der Waals surface area contributed by atoms with Gasteiger partial charge in [-0.25, -0.2) is 0 Å². The van der Waals surface area contributed by atoms with Crippen LogP contribution in [0.5, 0.6) is 0 Å². The Kier molecular flexibility index (Phi) is 7.75. The Hall–Kier alpha value is -1.59. The summed E-state index contributed by atoms with van der Waals surface area (Å²) >= 11 is 0. The zero-order chi connectivity index (χ0) is 13.3. The van der Waals surface area contributed by atoms with Crippen molar-refractivity contribution >= 4 is 17.9 Å². The molecule has 0 atom stereocenters. The summed E-state index contributed by atoms with van der Waals surface area (Å²) in [7, 11) is 3.74. The molecule has 0 aliphatic rings. The molecular weight excluding hydrogens is 228 g/mol. The van der Waals surface area contributed by atoms with Crippen LogP contribution in [0.1, 0.15) is 25.7 Å². The van der Waals surface area contributed by atoms with E-state index in [-0.39, 0.29) is 12.4 Å². The van der Waals surface area contributed by atoms with E-state index >= 15 is 0 Å². The maximum atomic E-state index is 11.3. The van der Waals surface area contributed by atoms with Crippen LogP contribution in [0.15, 0.2) is 0 Å². The number of hydrogen-bond donors (Lipinski definition) is 0. The summed E-state index contributed by atoms with van der Waals surface area (Å²) in [6, 6.07) is 0. The van der Waals surface area contributed by atoms with Crippen LogP contribution in [0.4, 0.5) is 0 Å². The van der Waals surface area contributed by atoms with Crippen molar-refractivity contribution in [2.45, 2.75) is 25.7 Å². The van der Waals surface area contributed by atoms with Gasteiger partial charge in [0.1, 0.15) is 0 Å². The Morgan fingerprint density at radius 2 is 1.41 bits per heavy atom. The van der Waals surface area contributed by atoms with E-state index in [1.807, 2.05) is 0 Å². The Bertz CT molecular complexity index is 257. The van der Waals surface area contributed by atoms with Crippen LogP contribution < -0.4 is 0 Å². The van der Waals surface area contributed by atoms with Crippen LogP contribution in [-0.2, 0) is 28.6 Å². The van der Waals surface area contributed by atoms with Gasteiger partial charge in [-0.05, 0) is 12.8 Å². The molecule has 98 valence electrons. The second-order valence-corrected chi connectivity index (χ2v) is 3.42. The average molecular weight is 246 g/mol.